The van der Waals surface area contributed by atoms with Crippen molar-refractivity contribution in [1.29, 1.82) is 0 Å². The number of hydrogen-bond acceptors (Lipinski definition) is 4. The Balaban J connectivity index is 2.31. The molecule has 0 aliphatic rings. The number of nitrogens with one attached hydrogen (secondary N) is 1. The third-order valence-corrected chi connectivity index (χ3v) is 5.47. The number of likely N-dealkylation sites (N-methyl/N-ethyl adjacent to an activating group) is 1. The van der Waals surface area contributed by atoms with Gasteiger partial charge in [-0.1, -0.05) is 13.8 Å². The second-order valence-electron chi connectivity index (χ2n) is 4.85. The molecular formula is C15H22BrN3OS. The van der Waals surface area contributed by atoms with Crippen molar-refractivity contribution < 1.29 is 4.74 Å². The van der Waals surface area contributed by atoms with Crippen LogP contribution in [0.1, 0.15) is 36.2 Å². The fraction of sp³-hybridized carbons (Fsp3) is 0.533. The molecule has 2 aromatic heterocycles. The summed E-state index contributed by atoms with van der Waals surface area (Å²) in [6.45, 7) is 5.17. The Morgan fingerprint density at radius 3 is 2.81 bits per heavy atom. The summed E-state index contributed by atoms with van der Waals surface area (Å²) in [7, 11) is 3.73. The molecule has 0 amide bonds. The molecule has 0 fully saturated rings. The molecule has 0 aliphatic heterocycles. The molecule has 2 aromatic rings. The van der Waals surface area contributed by atoms with E-state index in [2.05, 4.69) is 45.6 Å². The molecule has 6 heteroatoms. The van der Waals surface area contributed by atoms with Crippen molar-refractivity contribution in [2.24, 2.45) is 7.05 Å². The number of methoxy groups -OCH3 is 1. The number of nitrogens with zero attached hydrogens (tertiary/aromatic N) is 2. The summed E-state index contributed by atoms with van der Waals surface area (Å²) in [6.07, 6.45) is 1.82. The molecule has 2 rings (SSSR count). The lowest BCUT2D eigenvalue weighted by atomic mass is 10.1. The van der Waals surface area contributed by atoms with Gasteiger partial charge >= 0.3 is 0 Å². The highest BCUT2D eigenvalue weighted by atomic mass is 79.9. The number of thiophene rings is 1. The molecule has 116 valence electrons. The average Bonchev–Trinajstić information content (AvgIpc) is 3.05. The van der Waals surface area contributed by atoms with Crippen LogP contribution < -0.4 is 10.1 Å². The minimum Gasteiger partial charge on any atom is -0.496 e. The summed E-state index contributed by atoms with van der Waals surface area (Å²) >= 11 is 5.44. The summed E-state index contributed by atoms with van der Waals surface area (Å²) in [5.41, 5.74) is 2.33. The van der Waals surface area contributed by atoms with Gasteiger partial charge in [0.05, 0.1) is 33.9 Å². The van der Waals surface area contributed by atoms with E-state index in [1.807, 2.05) is 17.8 Å². The second kappa shape index (κ2) is 7.42. The van der Waals surface area contributed by atoms with Crippen LogP contribution in [0.5, 0.6) is 5.75 Å². The van der Waals surface area contributed by atoms with Crippen molar-refractivity contribution in [3.63, 3.8) is 0 Å². The van der Waals surface area contributed by atoms with E-state index in [0.29, 0.717) is 0 Å². The van der Waals surface area contributed by atoms with Crippen LogP contribution in [0.3, 0.4) is 0 Å². The van der Waals surface area contributed by atoms with Gasteiger partial charge in [-0.3, -0.25) is 4.68 Å². The van der Waals surface area contributed by atoms with E-state index in [0.717, 1.165) is 35.3 Å². The molecule has 0 bridgehead atoms. The van der Waals surface area contributed by atoms with Gasteiger partial charge in [0.1, 0.15) is 5.75 Å². The smallest absolute Gasteiger partial charge is 0.134 e. The van der Waals surface area contributed by atoms with Crippen molar-refractivity contribution >= 4 is 27.3 Å². The zero-order valence-electron chi connectivity index (χ0n) is 12.9. The van der Waals surface area contributed by atoms with E-state index < -0.39 is 0 Å². The largest absolute Gasteiger partial charge is 0.496 e. The van der Waals surface area contributed by atoms with Gasteiger partial charge < -0.3 is 10.1 Å². The molecule has 0 spiro atoms. The van der Waals surface area contributed by atoms with Gasteiger partial charge in [0.2, 0.25) is 0 Å². The fourth-order valence-corrected chi connectivity index (χ4v) is 4.19. The number of aryl methyl sites for hydroxylation is 2. The highest BCUT2D eigenvalue weighted by molar-refractivity contribution is 9.10. The number of hydrogen-bond donors (Lipinski definition) is 1. The Morgan fingerprint density at radius 2 is 2.24 bits per heavy atom. The third-order valence-electron chi connectivity index (χ3n) is 3.54. The number of ether oxygens (including phenoxy) is 1. The molecule has 0 saturated heterocycles. The molecule has 1 atom stereocenters. The van der Waals surface area contributed by atoms with Crippen molar-refractivity contribution in [2.45, 2.75) is 32.7 Å². The first kappa shape index (κ1) is 16.5. The second-order valence-corrected chi connectivity index (χ2v) is 6.59. The van der Waals surface area contributed by atoms with Crippen LogP contribution in [0, 0.1) is 0 Å². The maximum atomic E-state index is 5.47. The zero-order chi connectivity index (χ0) is 15.4. The maximum absolute atomic E-state index is 5.47. The molecule has 0 aromatic carbocycles. The van der Waals surface area contributed by atoms with Gasteiger partial charge in [0, 0.05) is 13.5 Å². The van der Waals surface area contributed by atoms with Crippen LogP contribution in [-0.4, -0.2) is 23.4 Å². The van der Waals surface area contributed by atoms with Crippen molar-refractivity contribution in [2.75, 3.05) is 13.7 Å². The first-order valence-corrected chi connectivity index (χ1v) is 8.84. The minimum absolute atomic E-state index is 0.237. The lowest BCUT2D eigenvalue weighted by molar-refractivity contribution is 0.402. The van der Waals surface area contributed by atoms with Crippen LogP contribution in [0.2, 0.25) is 0 Å². The Labute approximate surface area is 138 Å². The normalized spacial score (nSPS) is 12.6. The van der Waals surface area contributed by atoms with Crippen LogP contribution in [-0.2, 0) is 19.9 Å². The minimum atomic E-state index is 0.237. The number of rotatable bonds is 7. The number of aromatic nitrogens is 2. The first-order chi connectivity index (χ1) is 10.1. The van der Waals surface area contributed by atoms with E-state index in [4.69, 9.17) is 4.74 Å². The quantitative estimate of drug-likeness (QED) is 0.806. The topological polar surface area (TPSA) is 39.1 Å². The van der Waals surface area contributed by atoms with Crippen molar-refractivity contribution in [1.82, 2.24) is 15.1 Å². The van der Waals surface area contributed by atoms with Crippen molar-refractivity contribution in [3.05, 3.63) is 32.2 Å². The molecule has 0 saturated carbocycles. The van der Waals surface area contributed by atoms with E-state index in [1.54, 1.807) is 18.4 Å². The average molecular weight is 372 g/mol. The van der Waals surface area contributed by atoms with E-state index in [-0.39, 0.29) is 6.04 Å². The summed E-state index contributed by atoms with van der Waals surface area (Å²) in [4.78, 5) is 1.24. The predicted molar refractivity (Wildman–Crippen MR) is 91.3 cm³/mol. The van der Waals surface area contributed by atoms with E-state index >= 15 is 0 Å². The molecule has 1 unspecified atom stereocenters. The monoisotopic (exact) mass is 371 g/mol. The van der Waals surface area contributed by atoms with Crippen LogP contribution in [0.4, 0.5) is 0 Å². The predicted octanol–water partition coefficient (Wildman–Crippen LogP) is 3.71. The summed E-state index contributed by atoms with van der Waals surface area (Å²) < 4.78 is 8.58. The highest BCUT2D eigenvalue weighted by Gasteiger charge is 2.22. The van der Waals surface area contributed by atoms with Gasteiger partial charge in [-0.15, -0.1) is 11.3 Å². The van der Waals surface area contributed by atoms with Crippen molar-refractivity contribution in [3.8, 4) is 5.75 Å². The van der Waals surface area contributed by atoms with Gasteiger partial charge in [-0.2, -0.15) is 5.10 Å². The Bertz CT molecular complexity index is 594. The molecule has 0 aliphatic carbocycles. The Kier molecular flexibility index (Phi) is 5.84. The van der Waals surface area contributed by atoms with Crippen LogP contribution in [0.15, 0.2) is 15.9 Å². The lowest BCUT2D eigenvalue weighted by Gasteiger charge is -2.18. The molecule has 2 heterocycles. The summed E-state index contributed by atoms with van der Waals surface area (Å²) in [6, 6.07) is 2.27. The Morgan fingerprint density at radius 1 is 1.48 bits per heavy atom. The van der Waals surface area contributed by atoms with Gasteiger partial charge in [0.25, 0.3) is 0 Å². The SMILES string of the molecule is CCNC(Cc1c(Br)c(CC)nn1C)c1sccc1OC. The molecular weight excluding hydrogens is 350 g/mol. The summed E-state index contributed by atoms with van der Waals surface area (Å²) in [5.74, 6) is 0.958. The number of halogens is 1. The lowest BCUT2D eigenvalue weighted by Crippen LogP contribution is -2.23. The van der Waals surface area contributed by atoms with Gasteiger partial charge in [-0.05, 0) is 40.3 Å². The van der Waals surface area contributed by atoms with Crippen LogP contribution >= 0.6 is 27.3 Å². The molecule has 4 nitrogen and oxygen atoms in total. The summed E-state index contributed by atoms with van der Waals surface area (Å²) in [5, 5.41) is 10.2. The van der Waals surface area contributed by atoms with E-state index in [9.17, 15) is 0 Å². The molecule has 0 radical (unpaired) electrons. The fourth-order valence-electron chi connectivity index (χ4n) is 2.47. The van der Waals surface area contributed by atoms with Crippen LogP contribution in [0.25, 0.3) is 0 Å². The van der Waals surface area contributed by atoms with Gasteiger partial charge in [0.15, 0.2) is 0 Å². The zero-order valence-corrected chi connectivity index (χ0v) is 15.3. The van der Waals surface area contributed by atoms with Gasteiger partial charge in [-0.25, -0.2) is 0 Å². The molecule has 1 N–H and O–H groups in total. The Hall–Kier alpha value is -0.850. The molecule has 21 heavy (non-hydrogen) atoms. The van der Waals surface area contributed by atoms with E-state index in [1.165, 1.54) is 10.6 Å². The maximum Gasteiger partial charge on any atom is 0.134 e. The third kappa shape index (κ3) is 3.49. The standard InChI is InChI=1S/C15H22BrN3OS/c1-5-10-14(16)12(19(3)18-10)9-11(17-6-2)15-13(20-4)7-8-21-15/h7-8,11,17H,5-6,9H2,1-4H3. The highest BCUT2D eigenvalue weighted by Crippen LogP contribution is 2.34. The first-order valence-electron chi connectivity index (χ1n) is 7.17.